The minimum atomic E-state index is -0.778. The third-order valence-electron chi connectivity index (χ3n) is 12.1. The van der Waals surface area contributed by atoms with Crippen molar-refractivity contribution in [3.63, 3.8) is 0 Å². The molecule has 0 radical (unpaired) electrons. The van der Waals surface area contributed by atoms with Crippen molar-refractivity contribution in [2.45, 2.75) is 297 Å². The van der Waals surface area contributed by atoms with Gasteiger partial charge in [0.05, 0.1) is 0 Å². The fourth-order valence-electron chi connectivity index (χ4n) is 7.88. The summed E-state index contributed by atoms with van der Waals surface area (Å²) in [6, 6.07) is 0. The lowest BCUT2D eigenvalue weighted by molar-refractivity contribution is -0.167. The van der Waals surface area contributed by atoms with Crippen molar-refractivity contribution in [1.29, 1.82) is 0 Å². The lowest BCUT2D eigenvalue weighted by Gasteiger charge is -2.18. The zero-order valence-electron chi connectivity index (χ0n) is 42.1. The van der Waals surface area contributed by atoms with E-state index < -0.39 is 6.10 Å². The van der Waals surface area contributed by atoms with Crippen LogP contribution in [0.25, 0.3) is 0 Å². The van der Waals surface area contributed by atoms with Crippen LogP contribution in [0.15, 0.2) is 36.5 Å². The number of allylic oxidation sites excluding steroid dienone is 6. The first-order chi connectivity index (χ1) is 31.0. The van der Waals surface area contributed by atoms with Gasteiger partial charge in [0.15, 0.2) is 6.10 Å². The third kappa shape index (κ3) is 50.5. The number of hydrogen-bond acceptors (Lipinski definition) is 6. The van der Waals surface area contributed by atoms with Crippen LogP contribution in [-0.4, -0.2) is 37.2 Å². The van der Waals surface area contributed by atoms with E-state index in [1.807, 2.05) is 0 Å². The highest BCUT2D eigenvalue weighted by Crippen LogP contribution is 2.15. The summed E-state index contributed by atoms with van der Waals surface area (Å²) in [4.78, 5) is 38.0. The zero-order chi connectivity index (χ0) is 45.8. The van der Waals surface area contributed by atoms with Crippen LogP contribution in [-0.2, 0) is 28.6 Å². The van der Waals surface area contributed by atoms with Gasteiger partial charge in [-0.2, -0.15) is 0 Å². The normalized spacial score (nSPS) is 12.2. The molecule has 0 aliphatic carbocycles. The molecule has 0 amide bonds. The van der Waals surface area contributed by atoms with E-state index in [-0.39, 0.29) is 31.1 Å². The Hall–Kier alpha value is -2.37. The molecule has 0 aliphatic rings. The minimum absolute atomic E-state index is 0.0773. The molecule has 368 valence electrons. The lowest BCUT2D eigenvalue weighted by Crippen LogP contribution is -2.30. The molecular formula is C57H104O6. The highest BCUT2D eigenvalue weighted by molar-refractivity contribution is 5.71. The van der Waals surface area contributed by atoms with Gasteiger partial charge in [-0.05, 0) is 89.9 Å². The third-order valence-corrected chi connectivity index (χ3v) is 12.1. The van der Waals surface area contributed by atoms with Gasteiger partial charge >= 0.3 is 17.9 Å². The number of unbranched alkanes of at least 4 members (excludes halogenated alkanes) is 33. The molecule has 0 saturated carbocycles. The first-order valence-corrected chi connectivity index (χ1v) is 27.5. The van der Waals surface area contributed by atoms with Crippen LogP contribution in [0, 0.1) is 0 Å². The number of esters is 3. The topological polar surface area (TPSA) is 78.9 Å². The molecule has 0 aliphatic heterocycles. The smallest absolute Gasteiger partial charge is 0.306 e. The molecule has 6 heteroatoms. The van der Waals surface area contributed by atoms with Crippen molar-refractivity contribution in [2.75, 3.05) is 13.2 Å². The van der Waals surface area contributed by atoms with Gasteiger partial charge < -0.3 is 14.2 Å². The summed E-state index contributed by atoms with van der Waals surface area (Å²) in [5.41, 5.74) is 0. The molecule has 0 aromatic heterocycles. The molecule has 63 heavy (non-hydrogen) atoms. The van der Waals surface area contributed by atoms with Gasteiger partial charge in [-0.3, -0.25) is 14.4 Å². The maximum Gasteiger partial charge on any atom is 0.306 e. The molecule has 0 spiro atoms. The Morgan fingerprint density at radius 3 is 0.841 bits per heavy atom. The number of ether oxygens (including phenoxy) is 3. The Bertz CT molecular complexity index is 1060. The van der Waals surface area contributed by atoms with Crippen molar-refractivity contribution in [1.82, 2.24) is 0 Å². The molecule has 0 bridgehead atoms. The number of carbonyl (C=O) groups is 3. The zero-order valence-corrected chi connectivity index (χ0v) is 42.1. The van der Waals surface area contributed by atoms with Crippen molar-refractivity contribution in [3.8, 4) is 0 Å². The first kappa shape index (κ1) is 60.6. The summed E-state index contributed by atoms with van der Waals surface area (Å²) in [7, 11) is 0. The monoisotopic (exact) mass is 885 g/mol. The quantitative estimate of drug-likeness (QED) is 0.0262. The van der Waals surface area contributed by atoms with Gasteiger partial charge in [-0.1, -0.05) is 218 Å². The number of rotatable bonds is 50. The van der Waals surface area contributed by atoms with Crippen LogP contribution >= 0.6 is 0 Å². The Labute approximate surface area is 391 Å². The number of carbonyl (C=O) groups excluding carboxylic acids is 3. The average molecular weight is 885 g/mol. The fourth-order valence-corrected chi connectivity index (χ4v) is 7.88. The molecule has 0 N–H and O–H groups in total. The van der Waals surface area contributed by atoms with Gasteiger partial charge in [0, 0.05) is 19.3 Å². The molecular weight excluding hydrogens is 781 g/mol. The van der Waals surface area contributed by atoms with Crippen molar-refractivity contribution in [3.05, 3.63) is 36.5 Å². The standard InChI is InChI=1S/C57H104O6/c1-4-7-10-13-16-19-22-24-26-27-28-29-31-32-35-38-41-44-47-50-56(59)62-53-54(52-61-55(58)49-46-43-40-37-34-21-18-15-12-9-6-3)63-57(60)51-48-45-42-39-36-33-30-25-23-20-17-14-11-8-5-2/h15,18,24-26,30,54H,4-14,16-17,19-23,27-29,31-53H2,1-3H3/b18-15-,26-24-,30-25-. The summed E-state index contributed by atoms with van der Waals surface area (Å²) in [5, 5.41) is 0. The van der Waals surface area contributed by atoms with E-state index in [4.69, 9.17) is 14.2 Å². The van der Waals surface area contributed by atoms with E-state index in [1.54, 1.807) is 0 Å². The van der Waals surface area contributed by atoms with E-state index in [9.17, 15) is 14.4 Å². The average Bonchev–Trinajstić information content (AvgIpc) is 3.28. The van der Waals surface area contributed by atoms with Gasteiger partial charge in [0.2, 0.25) is 0 Å². The lowest BCUT2D eigenvalue weighted by atomic mass is 10.1. The van der Waals surface area contributed by atoms with Crippen LogP contribution in [0.3, 0.4) is 0 Å². The predicted molar refractivity (Wildman–Crippen MR) is 270 cm³/mol. The van der Waals surface area contributed by atoms with Gasteiger partial charge in [0.25, 0.3) is 0 Å². The van der Waals surface area contributed by atoms with E-state index in [0.29, 0.717) is 19.3 Å². The highest BCUT2D eigenvalue weighted by atomic mass is 16.6. The Morgan fingerprint density at radius 1 is 0.302 bits per heavy atom. The molecule has 0 aromatic carbocycles. The Kier molecular flexibility index (Phi) is 50.3. The molecule has 6 nitrogen and oxygen atoms in total. The fraction of sp³-hybridized carbons (Fsp3) is 0.842. The predicted octanol–water partition coefficient (Wildman–Crippen LogP) is 18.1. The molecule has 1 atom stereocenters. The van der Waals surface area contributed by atoms with Crippen LogP contribution in [0.4, 0.5) is 0 Å². The van der Waals surface area contributed by atoms with E-state index >= 15 is 0 Å². The van der Waals surface area contributed by atoms with Crippen molar-refractivity contribution in [2.24, 2.45) is 0 Å². The van der Waals surface area contributed by atoms with Crippen LogP contribution in [0.2, 0.25) is 0 Å². The molecule has 0 rings (SSSR count). The molecule has 1 unspecified atom stereocenters. The summed E-state index contributed by atoms with van der Waals surface area (Å²) < 4.78 is 16.8. The maximum atomic E-state index is 12.8. The Morgan fingerprint density at radius 2 is 0.540 bits per heavy atom. The second-order valence-electron chi connectivity index (χ2n) is 18.5. The van der Waals surface area contributed by atoms with E-state index in [0.717, 1.165) is 70.6 Å². The van der Waals surface area contributed by atoms with Crippen LogP contribution in [0.1, 0.15) is 290 Å². The van der Waals surface area contributed by atoms with Crippen molar-refractivity contribution < 1.29 is 28.6 Å². The summed E-state index contributed by atoms with van der Waals surface area (Å²) in [6.45, 7) is 6.60. The van der Waals surface area contributed by atoms with Crippen molar-refractivity contribution >= 4 is 17.9 Å². The Balaban J connectivity index is 4.32. The number of hydrogen-bond donors (Lipinski definition) is 0. The molecule has 0 aromatic rings. The second kappa shape index (κ2) is 52.3. The van der Waals surface area contributed by atoms with Crippen LogP contribution < -0.4 is 0 Å². The summed E-state index contributed by atoms with van der Waals surface area (Å²) >= 11 is 0. The molecule has 0 heterocycles. The van der Waals surface area contributed by atoms with Gasteiger partial charge in [-0.15, -0.1) is 0 Å². The largest absolute Gasteiger partial charge is 0.462 e. The SMILES string of the molecule is CCCC/C=C\CCCCCCCC(=O)OCC(COC(=O)CCCCCCCCCCC/C=C\CCCCCCCC)OC(=O)CCCCCCC/C=C\CCCCCCCC. The maximum absolute atomic E-state index is 12.8. The summed E-state index contributed by atoms with van der Waals surface area (Å²) in [6.07, 6.45) is 61.3. The van der Waals surface area contributed by atoms with E-state index in [2.05, 4.69) is 57.2 Å². The van der Waals surface area contributed by atoms with Gasteiger partial charge in [-0.25, -0.2) is 0 Å². The molecule has 0 saturated heterocycles. The van der Waals surface area contributed by atoms with Gasteiger partial charge in [0.1, 0.15) is 13.2 Å². The van der Waals surface area contributed by atoms with E-state index in [1.165, 1.54) is 180 Å². The first-order valence-electron chi connectivity index (χ1n) is 27.5. The summed E-state index contributed by atoms with van der Waals surface area (Å²) in [5.74, 6) is -0.887. The van der Waals surface area contributed by atoms with Crippen LogP contribution in [0.5, 0.6) is 0 Å². The second-order valence-corrected chi connectivity index (χ2v) is 18.5. The molecule has 0 fully saturated rings. The highest BCUT2D eigenvalue weighted by Gasteiger charge is 2.19. The minimum Gasteiger partial charge on any atom is -0.462 e.